The Morgan fingerprint density at radius 2 is 1.47 bits per heavy atom. The van der Waals surface area contributed by atoms with Crippen molar-refractivity contribution in [2.75, 3.05) is 0 Å². The van der Waals surface area contributed by atoms with E-state index in [-0.39, 0.29) is 5.54 Å². The fraction of sp³-hybridized carbons (Fsp3) is 1.00. The molecule has 0 bridgehead atoms. The van der Waals surface area contributed by atoms with Crippen LogP contribution < -0.4 is 5.73 Å². The Kier molecular flexibility index (Phi) is 7.39. The topological polar surface area (TPSA) is 26.0 Å². The van der Waals surface area contributed by atoms with Crippen molar-refractivity contribution in [1.29, 1.82) is 0 Å². The molecule has 0 spiro atoms. The van der Waals surface area contributed by atoms with Gasteiger partial charge in [0.05, 0.1) is 0 Å². The van der Waals surface area contributed by atoms with Crippen LogP contribution in [0.4, 0.5) is 0 Å². The lowest BCUT2D eigenvalue weighted by molar-refractivity contribution is 0.159. The Morgan fingerprint density at radius 3 is 1.94 bits per heavy atom. The second kappa shape index (κ2) is 7.41. The first-order valence-electron chi connectivity index (χ1n) is 7.48. The van der Waals surface area contributed by atoms with Gasteiger partial charge in [-0.15, -0.1) is 0 Å². The summed E-state index contributed by atoms with van der Waals surface area (Å²) in [5.41, 5.74) is 6.48. The zero-order valence-electron chi connectivity index (χ0n) is 13.1. The molecule has 0 rings (SSSR count). The summed E-state index contributed by atoms with van der Waals surface area (Å²) in [7, 11) is 0. The van der Waals surface area contributed by atoms with E-state index in [0.29, 0.717) is 5.41 Å². The lowest BCUT2D eigenvalue weighted by Gasteiger charge is -2.37. The van der Waals surface area contributed by atoms with Crippen molar-refractivity contribution in [2.45, 2.75) is 92.0 Å². The minimum atomic E-state index is -0.0417. The van der Waals surface area contributed by atoms with Crippen LogP contribution in [0.3, 0.4) is 0 Å². The first-order chi connectivity index (χ1) is 7.69. The molecule has 1 heteroatoms. The van der Waals surface area contributed by atoms with Gasteiger partial charge in [0, 0.05) is 5.54 Å². The Hall–Kier alpha value is -0.0400. The van der Waals surface area contributed by atoms with Crippen LogP contribution >= 0.6 is 0 Å². The lowest BCUT2D eigenvalue weighted by Crippen LogP contribution is -2.39. The van der Waals surface area contributed by atoms with Crippen LogP contribution in [-0.2, 0) is 0 Å². The van der Waals surface area contributed by atoms with E-state index in [1.54, 1.807) is 0 Å². The van der Waals surface area contributed by atoms with Crippen molar-refractivity contribution in [3.63, 3.8) is 0 Å². The highest BCUT2D eigenvalue weighted by atomic mass is 14.7. The van der Waals surface area contributed by atoms with E-state index in [1.165, 1.54) is 38.5 Å². The molecule has 0 saturated carbocycles. The molecule has 1 atom stereocenters. The number of nitrogens with two attached hydrogens (primary N) is 1. The van der Waals surface area contributed by atoms with Crippen LogP contribution in [0.1, 0.15) is 86.5 Å². The maximum atomic E-state index is 6.15. The molecule has 2 N–H and O–H groups in total. The van der Waals surface area contributed by atoms with Crippen molar-refractivity contribution in [2.24, 2.45) is 17.1 Å². The van der Waals surface area contributed by atoms with Crippen LogP contribution in [-0.4, -0.2) is 5.54 Å². The summed E-state index contributed by atoms with van der Waals surface area (Å²) < 4.78 is 0. The molecule has 1 unspecified atom stereocenters. The Morgan fingerprint density at radius 1 is 0.941 bits per heavy atom. The third-order valence-corrected chi connectivity index (χ3v) is 3.99. The molecule has 0 radical (unpaired) electrons. The van der Waals surface area contributed by atoms with Gasteiger partial charge >= 0.3 is 0 Å². The van der Waals surface area contributed by atoms with Crippen LogP contribution in [0, 0.1) is 11.3 Å². The van der Waals surface area contributed by atoms with Gasteiger partial charge < -0.3 is 5.73 Å². The van der Waals surface area contributed by atoms with Gasteiger partial charge in [-0.1, -0.05) is 66.2 Å². The van der Waals surface area contributed by atoms with Gasteiger partial charge in [-0.3, -0.25) is 0 Å². The molecule has 104 valence electrons. The normalized spacial score (nSPS) is 15.0. The van der Waals surface area contributed by atoms with E-state index in [0.717, 1.165) is 12.3 Å². The molecule has 1 nitrogen and oxygen atoms in total. The molecular weight excluding hydrogens is 206 g/mol. The van der Waals surface area contributed by atoms with E-state index in [9.17, 15) is 0 Å². The Labute approximate surface area is 110 Å². The zero-order valence-corrected chi connectivity index (χ0v) is 13.1. The van der Waals surface area contributed by atoms with Crippen LogP contribution in [0.25, 0.3) is 0 Å². The van der Waals surface area contributed by atoms with Crippen molar-refractivity contribution in [3.05, 3.63) is 0 Å². The number of rotatable bonds is 9. The summed E-state index contributed by atoms with van der Waals surface area (Å²) in [6.45, 7) is 13.7. The maximum absolute atomic E-state index is 6.15. The fourth-order valence-electron chi connectivity index (χ4n) is 2.79. The Balaban J connectivity index is 3.90. The average molecular weight is 241 g/mol. The van der Waals surface area contributed by atoms with Gasteiger partial charge in [-0.25, -0.2) is 0 Å². The van der Waals surface area contributed by atoms with Gasteiger partial charge in [0.1, 0.15) is 0 Å². The van der Waals surface area contributed by atoms with Gasteiger partial charge in [0.15, 0.2) is 0 Å². The van der Waals surface area contributed by atoms with Crippen LogP contribution in [0.5, 0.6) is 0 Å². The molecule has 0 aromatic heterocycles. The summed E-state index contributed by atoms with van der Waals surface area (Å²) in [5, 5.41) is 0. The summed E-state index contributed by atoms with van der Waals surface area (Å²) in [6, 6.07) is 0. The summed E-state index contributed by atoms with van der Waals surface area (Å²) >= 11 is 0. The maximum Gasteiger partial charge on any atom is 0.0102 e. The minimum Gasteiger partial charge on any atom is -0.326 e. The van der Waals surface area contributed by atoms with E-state index < -0.39 is 0 Å². The predicted molar refractivity (Wildman–Crippen MR) is 79.2 cm³/mol. The first-order valence-corrected chi connectivity index (χ1v) is 7.48. The predicted octanol–water partition coefficient (Wildman–Crippen LogP) is 5.14. The lowest BCUT2D eigenvalue weighted by atomic mass is 9.70. The second-order valence-electron chi connectivity index (χ2n) is 7.26. The van der Waals surface area contributed by atoms with E-state index >= 15 is 0 Å². The zero-order chi connectivity index (χ0) is 13.5. The van der Waals surface area contributed by atoms with Crippen LogP contribution in [0.2, 0.25) is 0 Å². The smallest absolute Gasteiger partial charge is 0.0102 e. The molecular formula is C16H35N. The Bertz CT molecular complexity index is 188. The molecule has 0 aromatic rings. The number of hydrogen-bond donors (Lipinski definition) is 1. The summed E-state index contributed by atoms with van der Waals surface area (Å²) in [6.07, 6.45) is 9.39. The highest BCUT2D eigenvalue weighted by Gasteiger charge is 2.30. The molecule has 0 aliphatic heterocycles. The number of unbranched alkanes of at least 4 members (excludes halogenated alkanes) is 4. The van der Waals surface area contributed by atoms with E-state index in [4.69, 9.17) is 5.73 Å². The molecule has 0 aromatic carbocycles. The van der Waals surface area contributed by atoms with Crippen molar-refractivity contribution < 1.29 is 0 Å². The molecule has 0 aliphatic carbocycles. The van der Waals surface area contributed by atoms with Crippen molar-refractivity contribution in [3.8, 4) is 0 Å². The molecule has 0 heterocycles. The molecule has 17 heavy (non-hydrogen) atoms. The number of hydrogen-bond acceptors (Lipinski definition) is 1. The highest BCUT2D eigenvalue weighted by Crippen LogP contribution is 2.37. The van der Waals surface area contributed by atoms with Crippen LogP contribution in [0.15, 0.2) is 0 Å². The molecule has 0 saturated heterocycles. The minimum absolute atomic E-state index is 0.0417. The van der Waals surface area contributed by atoms with E-state index in [2.05, 4.69) is 41.5 Å². The monoisotopic (exact) mass is 241 g/mol. The largest absolute Gasteiger partial charge is 0.326 e. The van der Waals surface area contributed by atoms with Gasteiger partial charge in [0.2, 0.25) is 0 Å². The molecule has 0 fully saturated rings. The van der Waals surface area contributed by atoms with Gasteiger partial charge in [-0.2, -0.15) is 0 Å². The van der Waals surface area contributed by atoms with Crippen molar-refractivity contribution in [1.82, 2.24) is 0 Å². The summed E-state index contributed by atoms with van der Waals surface area (Å²) in [4.78, 5) is 0. The molecule has 0 aliphatic rings. The van der Waals surface area contributed by atoms with E-state index in [1.807, 2.05) is 0 Å². The van der Waals surface area contributed by atoms with Crippen molar-refractivity contribution >= 4 is 0 Å². The molecule has 0 amide bonds. The fourth-order valence-corrected chi connectivity index (χ4v) is 2.79. The second-order valence-corrected chi connectivity index (χ2v) is 7.26. The third-order valence-electron chi connectivity index (χ3n) is 3.99. The standard InChI is InChI=1S/C16H35N/c1-7-8-9-10-11-12-14(2)15(3,4)13-16(5,6)17/h14H,7-13,17H2,1-6H3. The average Bonchev–Trinajstić information content (AvgIpc) is 2.13. The SMILES string of the molecule is CCCCCCCC(C)C(C)(C)CC(C)(C)N. The summed E-state index contributed by atoms with van der Waals surface area (Å²) in [5.74, 6) is 0.770. The van der Waals surface area contributed by atoms with Gasteiger partial charge in [-0.05, 0) is 31.6 Å². The first kappa shape index (κ1) is 17.0. The third kappa shape index (κ3) is 8.65. The highest BCUT2D eigenvalue weighted by molar-refractivity contribution is 4.85. The quantitative estimate of drug-likeness (QED) is 0.556. The van der Waals surface area contributed by atoms with Gasteiger partial charge in [0.25, 0.3) is 0 Å².